The molecular formula is C66H58N2. The van der Waals surface area contributed by atoms with Crippen molar-refractivity contribution in [2.24, 2.45) is 29.1 Å². The van der Waals surface area contributed by atoms with Gasteiger partial charge in [0.2, 0.25) is 0 Å². The Bertz CT molecular complexity index is 3820. The summed E-state index contributed by atoms with van der Waals surface area (Å²) in [6, 6.07) is 41.4. The zero-order valence-electron chi connectivity index (χ0n) is 40.0. The number of pyridine rings is 1. The lowest BCUT2D eigenvalue weighted by molar-refractivity contribution is 0.00322. The first-order chi connectivity index (χ1) is 33.2. The van der Waals surface area contributed by atoms with Crippen molar-refractivity contribution in [3.8, 4) is 44.5 Å². The molecule has 0 N–H and O–H groups in total. The van der Waals surface area contributed by atoms with Crippen molar-refractivity contribution in [3.05, 3.63) is 154 Å². The van der Waals surface area contributed by atoms with E-state index in [4.69, 9.17) is 4.98 Å². The predicted molar refractivity (Wildman–Crippen MR) is 278 cm³/mol. The standard InChI is InChI=1S/C66H58N2/c1-64(2)50-17-7-5-11-42(50)44-13-9-15-46(60(44)64)48-29-49(47-16-10-14-45-43-12-6-8-18-51(43)65(3,4)61(45)47)57-59-53(32-67-62-36-24-33-21-34(25-36)23-35(22-33)55(59)62)68-52-20-19-41-37-26-39-28-40-27-38(31-66(39,40)30-37)54(41)58(52)56(48)63(57)68/h5-20,29,32-40H,21-28,30-31H2,1-4H3. The van der Waals surface area contributed by atoms with Gasteiger partial charge < -0.3 is 4.40 Å². The third-order valence-corrected chi connectivity index (χ3v) is 22.0. The number of benzene rings is 6. The lowest BCUT2D eigenvalue weighted by Gasteiger charge is -2.48. The van der Waals surface area contributed by atoms with E-state index in [1.54, 1.807) is 27.5 Å². The second kappa shape index (κ2) is 11.8. The molecule has 332 valence electrons. The van der Waals surface area contributed by atoms with Crippen LogP contribution in [0.25, 0.3) is 82.6 Å². The molecule has 6 aromatic carbocycles. The fraction of sp³-hybridized carbons (Fsp3) is 0.379. The number of hydrogen-bond donors (Lipinski definition) is 0. The average Bonchev–Trinajstić information content (AvgIpc) is 4.10. The number of fused-ring (bicyclic) bond motifs is 18. The summed E-state index contributed by atoms with van der Waals surface area (Å²) in [4.78, 5) is 5.75. The van der Waals surface area contributed by atoms with Gasteiger partial charge in [0, 0.05) is 44.0 Å². The van der Waals surface area contributed by atoms with E-state index in [0.717, 1.165) is 23.7 Å². The second-order valence-electron chi connectivity index (χ2n) is 25.4. The van der Waals surface area contributed by atoms with Crippen molar-refractivity contribution < 1.29 is 0 Å². The second-order valence-corrected chi connectivity index (χ2v) is 25.4. The molecule has 0 aliphatic heterocycles. The van der Waals surface area contributed by atoms with Crippen molar-refractivity contribution in [2.75, 3.05) is 0 Å². The molecule has 3 heterocycles. The van der Waals surface area contributed by atoms with Gasteiger partial charge in [0.15, 0.2) is 0 Å². The minimum absolute atomic E-state index is 0.152. The predicted octanol–water partition coefficient (Wildman–Crippen LogP) is 17.0. The number of aromatic nitrogens is 2. The lowest BCUT2D eigenvalue weighted by atomic mass is 9.56. The molecule has 2 nitrogen and oxygen atoms in total. The van der Waals surface area contributed by atoms with Crippen LogP contribution in [0.2, 0.25) is 0 Å². The third-order valence-electron chi connectivity index (χ3n) is 22.0. The van der Waals surface area contributed by atoms with Gasteiger partial charge in [-0.3, -0.25) is 4.98 Å². The van der Waals surface area contributed by atoms with Crippen LogP contribution in [0.15, 0.2) is 109 Å². The largest absolute Gasteiger partial charge is 0.306 e. The van der Waals surface area contributed by atoms with Crippen molar-refractivity contribution >= 4 is 38.1 Å². The monoisotopic (exact) mass is 878 g/mol. The first-order valence-corrected chi connectivity index (χ1v) is 26.9. The first kappa shape index (κ1) is 37.2. The molecule has 68 heavy (non-hydrogen) atoms. The first-order valence-electron chi connectivity index (χ1n) is 26.9. The topological polar surface area (TPSA) is 17.3 Å². The van der Waals surface area contributed by atoms with Crippen LogP contribution in [-0.4, -0.2) is 9.38 Å². The minimum Gasteiger partial charge on any atom is -0.306 e. The zero-order valence-corrected chi connectivity index (χ0v) is 40.0. The van der Waals surface area contributed by atoms with Crippen LogP contribution in [-0.2, 0) is 10.8 Å². The van der Waals surface area contributed by atoms with E-state index in [2.05, 4.69) is 141 Å². The molecular weight excluding hydrogens is 821 g/mol. The van der Waals surface area contributed by atoms with Crippen LogP contribution in [0.4, 0.5) is 0 Å². The van der Waals surface area contributed by atoms with Gasteiger partial charge in [0.25, 0.3) is 0 Å². The SMILES string of the molecule is CC1(C)c2ccccc2-c2cccc(-c3cc(-c4cccc5c4C(C)(C)c4ccccc4-5)c4c5c6c(ncc5n5c7ccc8c(c7c3c45)C3CC4CC5CC8CC54C3)C3CC4CC(C3)CC6C4)c21. The Balaban J connectivity index is 1.06. The van der Waals surface area contributed by atoms with Gasteiger partial charge in [0.05, 0.1) is 22.7 Å². The molecule has 0 saturated heterocycles. The van der Waals surface area contributed by atoms with Gasteiger partial charge in [-0.15, -0.1) is 0 Å². The third kappa shape index (κ3) is 4.06. The highest BCUT2D eigenvalue weighted by atomic mass is 14.9. The molecule has 5 fully saturated rings. The molecule has 9 aromatic rings. The van der Waals surface area contributed by atoms with E-state index in [0.29, 0.717) is 29.1 Å². The van der Waals surface area contributed by atoms with Gasteiger partial charge in [-0.1, -0.05) is 119 Å². The fourth-order valence-corrected chi connectivity index (χ4v) is 19.8. The summed E-state index contributed by atoms with van der Waals surface area (Å²) in [5.41, 5.74) is 28.3. The van der Waals surface area contributed by atoms with E-state index in [-0.39, 0.29) is 10.8 Å². The van der Waals surface area contributed by atoms with Gasteiger partial charge in [0.1, 0.15) is 0 Å². The summed E-state index contributed by atoms with van der Waals surface area (Å²) >= 11 is 0. The zero-order chi connectivity index (χ0) is 44.5. The molecule has 1 spiro atoms. The molecule has 0 amide bonds. The van der Waals surface area contributed by atoms with Crippen LogP contribution in [0.1, 0.15) is 160 Å². The van der Waals surface area contributed by atoms with E-state index >= 15 is 0 Å². The van der Waals surface area contributed by atoms with Gasteiger partial charge >= 0.3 is 0 Å². The fourth-order valence-electron chi connectivity index (χ4n) is 19.8. The van der Waals surface area contributed by atoms with Gasteiger partial charge in [-0.2, -0.15) is 0 Å². The Morgan fingerprint density at radius 2 is 1.00 bits per heavy atom. The smallest absolute Gasteiger partial charge is 0.0728 e. The Morgan fingerprint density at radius 1 is 0.456 bits per heavy atom. The van der Waals surface area contributed by atoms with E-state index in [1.165, 1.54) is 164 Å². The maximum Gasteiger partial charge on any atom is 0.0728 e. The Hall–Kier alpha value is -5.73. The number of rotatable bonds is 2. The van der Waals surface area contributed by atoms with E-state index < -0.39 is 0 Å². The van der Waals surface area contributed by atoms with Gasteiger partial charge in [-0.05, 0) is 207 Å². The molecule has 3 aromatic heterocycles. The molecule has 5 saturated carbocycles. The molecule has 19 rings (SSSR count). The van der Waals surface area contributed by atoms with Crippen molar-refractivity contribution in [3.63, 3.8) is 0 Å². The van der Waals surface area contributed by atoms with E-state index in [1.807, 2.05) is 0 Å². The number of hydrogen-bond acceptors (Lipinski definition) is 1. The van der Waals surface area contributed by atoms with Crippen LogP contribution in [0.5, 0.6) is 0 Å². The summed E-state index contributed by atoms with van der Waals surface area (Å²) in [6.45, 7) is 10.0. The summed E-state index contributed by atoms with van der Waals surface area (Å²) in [7, 11) is 0. The Labute approximate surface area is 399 Å². The van der Waals surface area contributed by atoms with Crippen molar-refractivity contribution in [1.82, 2.24) is 9.38 Å². The van der Waals surface area contributed by atoms with Crippen molar-refractivity contribution in [1.29, 1.82) is 0 Å². The molecule has 2 heteroatoms. The molecule has 7 bridgehead atoms. The average molecular weight is 879 g/mol. The molecule has 7 unspecified atom stereocenters. The van der Waals surface area contributed by atoms with Crippen LogP contribution >= 0.6 is 0 Å². The highest BCUT2D eigenvalue weighted by Crippen LogP contribution is 2.77. The molecule has 10 aliphatic rings. The summed E-state index contributed by atoms with van der Waals surface area (Å²) < 4.78 is 2.82. The maximum absolute atomic E-state index is 5.75. The Morgan fingerprint density at radius 3 is 1.65 bits per heavy atom. The summed E-state index contributed by atoms with van der Waals surface area (Å²) in [5, 5.41) is 6.17. The van der Waals surface area contributed by atoms with E-state index in [9.17, 15) is 0 Å². The molecule has 0 radical (unpaired) electrons. The quantitative estimate of drug-likeness (QED) is 0.169. The van der Waals surface area contributed by atoms with Crippen LogP contribution in [0.3, 0.4) is 0 Å². The lowest BCUT2D eigenvalue weighted by Crippen LogP contribution is -2.41. The highest BCUT2D eigenvalue weighted by molar-refractivity contribution is 6.32. The van der Waals surface area contributed by atoms with Crippen LogP contribution in [0, 0.1) is 29.1 Å². The summed E-state index contributed by atoms with van der Waals surface area (Å²) in [6.07, 6.45) is 16.3. The minimum atomic E-state index is -0.154. The normalized spacial score (nSPS) is 30.6. The maximum atomic E-state index is 5.75. The molecule has 7 atom stereocenters. The Kier molecular flexibility index (Phi) is 6.46. The molecule has 10 aliphatic carbocycles. The van der Waals surface area contributed by atoms with Crippen molar-refractivity contribution in [2.45, 2.75) is 126 Å². The number of nitrogens with zero attached hydrogens (tertiary/aromatic N) is 2. The van der Waals surface area contributed by atoms with Crippen LogP contribution < -0.4 is 0 Å². The highest BCUT2D eigenvalue weighted by Gasteiger charge is 2.66. The van der Waals surface area contributed by atoms with Gasteiger partial charge in [-0.25, -0.2) is 0 Å². The summed E-state index contributed by atoms with van der Waals surface area (Å²) in [5.74, 6) is 6.03.